The Labute approximate surface area is 232 Å². The standard InChI is InChI=1S/C30H26F5NO5/c1-30(2,3)41-15-12-21(28(37)40-27-25(34)23(32)22(31)24(33)26(27)35)36(13-15)29(38)39-14-20-18-10-6-4-8-16(18)17-9-5-7-11-19(17)20/h4-11,15,20-21H,12-14H2,1-3H3. The molecular weight excluding hydrogens is 549 g/mol. The number of nitrogens with zero attached hydrogens (tertiary/aromatic N) is 1. The number of carbonyl (C=O) groups is 2. The zero-order chi connectivity index (χ0) is 29.6. The number of rotatable bonds is 5. The van der Waals surface area contributed by atoms with Gasteiger partial charge in [0.25, 0.3) is 0 Å². The van der Waals surface area contributed by atoms with Crippen LogP contribution >= 0.6 is 0 Å². The Morgan fingerprint density at radius 2 is 1.34 bits per heavy atom. The molecule has 1 saturated heterocycles. The Hall–Kier alpha value is -3.99. The summed E-state index contributed by atoms with van der Waals surface area (Å²) >= 11 is 0. The number of esters is 1. The van der Waals surface area contributed by atoms with Crippen molar-refractivity contribution in [3.05, 3.63) is 88.7 Å². The van der Waals surface area contributed by atoms with Gasteiger partial charge in [-0.15, -0.1) is 0 Å². The summed E-state index contributed by atoms with van der Waals surface area (Å²) in [5.74, 6) is -15.0. The molecule has 0 saturated carbocycles. The molecule has 1 aliphatic heterocycles. The first-order valence-electron chi connectivity index (χ1n) is 12.9. The van der Waals surface area contributed by atoms with Gasteiger partial charge in [0.15, 0.2) is 0 Å². The quantitative estimate of drug-likeness (QED) is 0.114. The molecule has 1 heterocycles. The largest absolute Gasteiger partial charge is 0.448 e. The van der Waals surface area contributed by atoms with Crippen molar-refractivity contribution in [3.63, 3.8) is 0 Å². The van der Waals surface area contributed by atoms with Gasteiger partial charge in [-0.2, -0.15) is 8.78 Å². The van der Waals surface area contributed by atoms with Crippen LogP contribution in [0.1, 0.15) is 44.2 Å². The number of hydrogen-bond acceptors (Lipinski definition) is 5. The van der Waals surface area contributed by atoms with Gasteiger partial charge >= 0.3 is 12.1 Å². The lowest BCUT2D eigenvalue weighted by atomic mass is 9.98. The Morgan fingerprint density at radius 1 is 0.829 bits per heavy atom. The van der Waals surface area contributed by atoms with Crippen molar-refractivity contribution in [2.24, 2.45) is 0 Å². The third-order valence-electron chi connectivity index (χ3n) is 7.00. The summed E-state index contributed by atoms with van der Waals surface area (Å²) in [5.41, 5.74) is 3.25. The van der Waals surface area contributed by atoms with Gasteiger partial charge in [0, 0.05) is 12.3 Å². The van der Waals surface area contributed by atoms with E-state index in [4.69, 9.17) is 9.47 Å². The number of fused-ring (bicyclic) bond motifs is 3. The number of carbonyl (C=O) groups excluding carboxylic acids is 2. The molecule has 3 aromatic rings. The number of ether oxygens (including phenoxy) is 3. The SMILES string of the molecule is CC(C)(C)OC1CC(C(=O)Oc2c(F)c(F)c(F)c(F)c2F)N(C(=O)OCC2c3ccccc3-c3ccccc32)C1. The summed E-state index contributed by atoms with van der Waals surface area (Å²) in [4.78, 5) is 27.3. The molecule has 0 radical (unpaired) electrons. The fourth-order valence-electron chi connectivity index (χ4n) is 5.33. The van der Waals surface area contributed by atoms with Crippen LogP contribution in [0.5, 0.6) is 5.75 Å². The van der Waals surface area contributed by atoms with Gasteiger partial charge in [-0.25, -0.2) is 22.8 Å². The van der Waals surface area contributed by atoms with Crippen molar-refractivity contribution in [1.29, 1.82) is 0 Å². The lowest BCUT2D eigenvalue weighted by Gasteiger charge is -2.25. The molecule has 1 amide bonds. The summed E-state index contributed by atoms with van der Waals surface area (Å²) in [6.45, 7) is 5.06. The summed E-state index contributed by atoms with van der Waals surface area (Å²) in [5, 5.41) is 0. The first-order chi connectivity index (χ1) is 19.4. The monoisotopic (exact) mass is 575 g/mol. The first kappa shape index (κ1) is 28.5. The van der Waals surface area contributed by atoms with Crippen molar-refractivity contribution < 1.29 is 45.8 Å². The number of amides is 1. The highest BCUT2D eigenvalue weighted by Crippen LogP contribution is 2.44. The summed E-state index contributed by atoms with van der Waals surface area (Å²) in [7, 11) is 0. The molecule has 3 aromatic carbocycles. The number of likely N-dealkylation sites (tertiary alicyclic amines) is 1. The molecule has 5 rings (SSSR count). The van der Waals surface area contributed by atoms with E-state index >= 15 is 0 Å². The molecule has 0 bridgehead atoms. The third-order valence-corrected chi connectivity index (χ3v) is 7.00. The molecule has 216 valence electrons. The smallest absolute Gasteiger partial charge is 0.410 e. The van der Waals surface area contributed by atoms with Crippen LogP contribution in [0.2, 0.25) is 0 Å². The lowest BCUT2D eigenvalue weighted by molar-refractivity contribution is -0.139. The summed E-state index contributed by atoms with van der Waals surface area (Å²) < 4.78 is 85.5. The van der Waals surface area contributed by atoms with E-state index in [1.165, 1.54) is 0 Å². The van der Waals surface area contributed by atoms with Gasteiger partial charge in [0.05, 0.1) is 18.2 Å². The molecule has 2 aliphatic rings. The van der Waals surface area contributed by atoms with Gasteiger partial charge in [0.1, 0.15) is 12.6 Å². The van der Waals surface area contributed by atoms with Crippen LogP contribution in [0.15, 0.2) is 48.5 Å². The maximum Gasteiger partial charge on any atom is 0.410 e. The van der Waals surface area contributed by atoms with E-state index in [9.17, 15) is 31.5 Å². The Bertz CT molecular complexity index is 1450. The predicted octanol–water partition coefficient (Wildman–Crippen LogP) is 6.49. The third kappa shape index (κ3) is 5.38. The van der Waals surface area contributed by atoms with Crippen LogP contribution in [0.4, 0.5) is 26.7 Å². The second-order valence-electron chi connectivity index (χ2n) is 10.9. The second-order valence-corrected chi connectivity index (χ2v) is 10.9. The number of halogens is 5. The number of hydrogen-bond donors (Lipinski definition) is 0. The molecule has 0 aromatic heterocycles. The van der Waals surface area contributed by atoms with Crippen LogP contribution in [0, 0.1) is 29.1 Å². The van der Waals surface area contributed by atoms with Crippen LogP contribution in [-0.4, -0.2) is 47.9 Å². The molecule has 11 heteroatoms. The lowest BCUT2D eigenvalue weighted by Crippen LogP contribution is -2.43. The zero-order valence-electron chi connectivity index (χ0n) is 22.4. The number of benzene rings is 3. The fourth-order valence-corrected chi connectivity index (χ4v) is 5.33. The Morgan fingerprint density at radius 3 is 1.88 bits per heavy atom. The predicted molar refractivity (Wildman–Crippen MR) is 137 cm³/mol. The van der Waals surface area contributed by atoms with E-state index in [0.717, 1.165) is 27.2 Å². The van der Waals surface area contributed by atoms with Gasteiger partial charge < -0.3 is 14.2 Å². The van der Waals surface area contributed by atoms with Crippen molar-refractivity contribution in [2.75, 3.05) is 13.2 Å². The molecule has 2 atom stereocenters. The molecule has 1 aliphatic carbocycles. The molecule has 0 spiro atoms. The first-order valence-corrected chi connectivity index (χ1v) is 12.9. The average Bonchev–Trinajstić information content (AvgIpc) is 3.50. The van der Waals surface area contributed by atoms with Crippen molar-refractivity contribution in [3.8, 4) is 16.9 Å². The van der Waals surface area contributed by atoms with E-state index in [-0.39, 0.29) is 25.5 Å². The van der Waals surface area contributed by atoms with E-state index < -0.39 is 64.6 Å². The summed E-state index contributed by atoms with van der Waals surface area (Å²) in [6.07, 6.45) is -1.79. The Kier molecular flexibility index (Phi) is 7.50. The van der Waals surface area contributed by atoms with Gasteiger partial charge in [-0.05, 0) is 43.0 Å². The van der Waals surface area contributed by atoms with Gasteiger partial charge in [0.2, 0.25) is 34.8 Å². The minimum absolute atomic E-state index is 0.0758. The summed E-state index contributed by atoms with van der Waals surface area (Å²) in [6, 6.07) is 13.9. The molecule has 1 fully saturated rings. The second kappa shape index (κ2) is 10.8. The van der Waals surface area contributed by atoms with Crippen LogP contribution in [0.3, 0.4) is 0 Å². The minimum atomic E-state index is -2.39. The highest BCUT2D eigenvalue weighted by Gasteiger charge is 2.44. The highest BCUT2D eigenvalue weighted by molar-refractivity contribution is 5.84. The molecule has 0 N–H and O–H groups in total. The molecule has 6 nitrogen and oxygen atoms in total. The van der Waals surface area contributed by atoms with Gasteiger partial charge in [-0.3, -0.25) is 4.90 Å². The van der Waals surface area contributed by atoms with Gasteiger partial charge in [-0.1, -0.05) is 48.5 Å². The van der Waals surface area contributed by atoms with Crippen LogP contribution in [-0.2, 0) is 14.3 Å². The normalized spacial score (nSPS) is 18.3. The Balaban J connectivity index is 1.37. The van der Waals surface area contributed by atoms with E-state index in [0.29, 0.717) is 0 Å². The maximum absolute atomic E-state index is 14.2. The van der Waals surface area contributed by atoms with Crippen molar-refractivity contribution in [2.45, 2.75) is 50.9 Å². The maximum atomic E-state index is 14.2. The molecule has 41 heavy (non-hydrogen) atoms. The average molecular weight is 576 g/mol. The van der Waals surface area contributed by atoms with Crippen molar-refractivity contribution in [1.82, 2.24) is 4.90 Å². The molecule has 2 unspecified atom stereocenters. The van der Waals surface area contributed by atoms with Crippen molar-refractivity contribution >= 4 is 12.1 Å². The van der Waals surface area contributed by atoms with E-state index in [2.05, 4.69) is 4.74 Å². The topological polar surface area (TPSA) is 65.1 Å². The van der Waals surface area contributed by atoms with Crippen LogP contribution in [0.25, 0.3) is 11.1 Å². The van der Waals surface area contributed by atoms with Crippen LogP contribution < -0.4 is 4.74 Å². The fraction of sp³-hybridized carbons (Fsp3) is 0.333. The van der Waals surface area contributed by atoms with E-state index in [1.54, 1.807) is 20.8 Å². The van der Waals surface area contributed by atoms with E-state index in [1.807, 2.05) is 48.5 Å². The zero-order valence-corrected chi connectivity index (χ0v) is 22.4. The molecular formula is C30H26F5NO5. The minimum Gasteiger partial charge on any atom is -0.448 e. The highest BCUT2D eigenvalue weighted by atomic mass is 19.2.